The zero-order chi connectivity index (χ0) is 29.0. The van der Waals surface area contributed by atoms with Crippen LogP contribution in [0.25, 0.3) is 0 Å². The van der Waals surface area contributed by atoms with Crippen molar-refractivity contribution in [3.63, 3.8) is 0 Å². The number of esters is 1. The van der Waals surface area contributed by atoms with Crippen LogP contribution >= 0.6 is 0 Å². The number of amides is 3. The number of nitrogens with zero attached hydrogens (tertiary/aromatic N) is 1. The Hall–Kier alpha value is -3.10. The fourth-order valence-electron chi connectivity index (χ4n) is 4.17. The first-order valence-corrected chi connectivity index (χ1v) is 13.4. The van der Waals surface area contributed by atoms with Gasteiger partial charge in [0.05, 0.1) is 7.11 Å². The van der Waals surface area contributed by atoms with E-state index in [4.69, 9.17) is 4.74 Å². The molecule has 1 rings (SSSR count). The normalized spacial score (nSPS) is 12.9. The topological polar surface area (TPSA) is 114 Å². The highest BCUT2D eigenvalue weighted by Crippen LogP contribution is 2.26. The Kier molecular flexibility index (Phi) is 13.3. The van der Waals surface area contributed by atoms with Gasteiger partial charge in [-0.3, -0.25) is 14.4 Å². The van der Waals surface area contributed by atoms with E-state index in [1.165, 1.54) is 12.0 Å². The molecule has 9 nitrogen and oxygen atoms in total. The predicted octanol–water partition coefficient (Wildman–Crippen LogP) is 4.59. The number of nitrogens with one attached hydrogen (secondary N) is 2. The molecule has 1 aromatic carbocycles. The highest BCUT2D eigenvalue weighted by Gasteiger charge is 2.37. The fourth-order valence-corrected chi connectivity index (χ4v) is 4.17. The second-order valence-corrected chi connectivity index (χ2v) is 11.1. The van der Waals surface area contributed by atoms with Crippen LogP contribution < -0.4 is 10.6 Å². The first kappa shape index (κ1) is 32.9. The lowest BCUT2D eigenvalue weighted by atomic mass is 9.96. The van der Waals surface area contributed by atoms with Crippen LogP contribution in [0.1, 0.15) is 90.0 Å². The number of hydrogen-bond donors (Lipinski definition) is 2. The summed E-state index contributed by atoms with van der Waals surface area (Å²) in [6, 6.07) is 3.80. The molecule has 0 fully saturated rings. The highest BCUT2D eigenvalue weighted by atomic mass is 16.6. The van der Waals surface area contributed by atoms with Gasteiger partial charge in [-0.1, -0.05) is 69.4 Å². The number of methoxy groups -OCH3 is 1. The summed E-state index contributed by atoms with van der Waals surface area (Å²) in [5.74, 6) is -1.75. The van der Waals surface area contributed by atoms with E-state index in [0.29, 0.717) is 18.5 Å². The molecule has 214 valence electrons. The van der Waals surface area contributed by atoms with Crippen molar-refractivity contribution < 1.29 is 28.7 Å². The Morgan fingerprint density at radius 2 is 1.58 bits per heavy atom. The number of aryl methyl sites for hydroxylation is 2. The minimum atomic E-state index is -1.01. The van der Waals surface area contributed by atoms with Crippen molar-refractivity contribution in [2.24, 2.45) is 5.92 Å². The maximum atomic E-state index is 14.1. The van der Waals surface area contributed by atoms with Gasteiger partial charge in [0.2, 0.25) is 11.8 Å². The third-order valence-electron chi connectivity index (χ3n) is 5.90. The van der Waals surface area contributed by atoms with Crippen molar-refractivity contribution in [3.8, 4) is 0 Å². The van der Waals surface area contributed by atoms with Crippen LogP contribution in [-0.4, -0.2) is 60.6 Å². The van der Waals surface area contributed by atoms with Gasteiger partial charge in [0.1, 0.15) is 24.2 Å². The van der Waals surface area contributed by atoms with Gasteiger partial charge in [0.25, 0.3) is 0 Å². The maximum absolute atomic E-state index is 14.1. The number of ether oxygens (including phenoxy) is 2. The molecule has 9 heteroatoms. The Morgan fingerprint density at radius 3 is 2.08 bits per heavy atom. The molecule has 0 heterocycles. The molecule has 38 heavy (non-hydrogen) atoms. The van der Waals surface area contributed by atoms with Crippen LogP contribution in [0.5, 0.6) is 0 Å². The summed E-state index contributed by atoms with van der Waals surface area (Å²) in [6.07, 6.45) is 2.88. The predicted molar refractivity (Wildman–Crippen MR) is 148 cm³/mol. The van der Waals surface area contributed by atoms with E-state index < -0.39 is 35.7 Å². The molecule has 0 aromatic heterocycles. The Bertz CT molecular complexity index is 934. The average molecular weight is 534 g/mol. The minimum Gasteiger partial charge on any atom is -0.468 e. The molecule has 0 saturated carbocycles. The van der Waals surface area contributed by atoms with Gasteiger partial charge in [-0.2, -0.15) is 0 Å². The van der Waals surface area contributed by atoms with E-state index >= 15 is 0 Å². The van der Waals surface area contributed by atoms with Gasteiger partial charge in [-0.15, -0.1) is 0 Å². The van der Waals surface area contributed by atoms with E-state index in [2.05, 4.69) is 22.3 Å². The number of unbranched alkanes of at least 4 members (excludes halogenated alkanes) is 3. The van der Waals surface area contributed by atoms with E-state index in [0.717, 1.165) is 30.4 Å². The lowest BCUT2D eigenvalue weighted by molar-refractivity contribution is -0.145. The summed E-state index contributed by atoms with van der Waals surface area (Å²) in [7, 11) is 1.25. The van der Waals surface area contributed by atoms with Crippen LogP contribution in [0.15, 0.2) is 18.2 Å². The summed E-state index contributed by atoms with van der Waals surface area (Å²) in [5.41, 5.74) is 1.78. The molecule has 0 aliphatic carbocycles. The first-order chi connectivity index (χ1) is 17.7. The lowest BCUT2D eigenvalue weighted by Crippen LogP contribution is -2.55. The molecule has 2 atom stereocenters. The molecule has 0 saturated heterocycles. The van der Waals surface area contributed by atoms with Crippen molar-refractivity contribution in [2.45, 2.75) is 98.8 Å². The third-order valence-corrected chi connectivity index (χ3v) is 5.90. The Morgan fingerprint density at radius 1 is 0.974 bits per heavy atom. The fraction of sp³-hybridized carbons (Fsp3) is 0.655. The third kappa shape index (κ3) is 11.1. The number of carbonyl (C=O) groups is 4. The van der Waals surface area contributed by atoms with Crippen molar-refractivity contribution in [1.82, 2.24) is 15.5 Å². The Balaban J connectivity index is 3.53. The first-order valence-electron chi connectivity index (χ1n) is 13.4. The molecule has 0 bridgehead atoms. The van der Waals surface area contributed by atoms with E-state index in [9.17, 15) is 19.2 Å². The summed E-state index contributed by atoms with van der Waals surface area (Å²) < 4.78 is 10.1. The van der Waals surface area contributed by atoms with Crippen molar-refractivity contribution in [1.29, 1.82) is 0 Å². The van der Waals surface area contributed by atoms with Crippen LogP contribution in [0.3, 0.4) is 0 Å². The summed E-state index contributed by atoms with van der Waals surface area (Å²) in [5, 5.41) is 5.35. The number of rotatable bonds is 13. The van der Waals surface area contributed by atoms with Gasteiger partial charge in [0.15, 0.2) is 0 Å². The van der Waals surface area contributed by atoms with Crippen molar-refractivity contribution in [3.05, 3.63) is 34.9 Å². The quantitative estimate of drug-likeness (QED) is 0.283. The van der Waals surface area contributed by atoms with Crippen molar-refractivity contribution >= 4 is 23.9 Å². The zero-order valence-electron chi connectivity index (χ0n) is 24.6. The lowest BCUT2D eigenvalue weighted by Gasteiger charge is -2.36. The Labute approximate surface area is 228 Å². The van der Waals surface area contributed by atoms with Crippen LogP contribution in [0, 0.1) is 19.8 Å². The SMILES string of the molecule is CCCCCCN(C(=O)C(NC(=O)OC(C)(C)C)C(C)C)C(C(=O)NCC(=O)OC)c1cc(C)cc(C)c1. The van der Waals surface area contributed by atoms with Gasteiger partial charge in [-0.05, 0) is 52.5 Å². The minimum absolute atomic E-state index is 0.272. The second-order valence-electron chi connectivity index (χ2n) is 11.1. The van der Waals surface area contributed by atoms with Crippen LogP contribution in [-0.2, 0) is 23.9 Å². The molecular weight excluding hydrogens is 486 g/mol. The summed E-state index contributed by atoms with van der Waals surface area (Å²) in [6.45, 7) is 14.8. The summed E-state index contributed by atoms with van der Waals surface area (Å²) >= 11 is 0. The van der Waals surface area contributed by atoms with E-state index in [1.54, 1.807) is 20.8 Å². The van der Waals surface area contributed by atoms with Crippen molar-refractivity contribution in [2.75, 3.05) is 20.2 Å². The van der Waals surface area contributed by atoms with Gasteiger partial charge in [0, 0.05) is 6.54 Å². The van der Waals surface area contributed by atoms with Crippen LogP contribution in [0.2, 0.25) is 0 Å². The molecule has 3 amide bonds. The number of benzene rings is 1. The number of alkyl carbamates (subject to hydrolysis) is 1. The average Bonchev–Trinajstić information content (AvgIpc) is 2.80. The number of hydrogen-bond acceptors (Lipinski definition) is 6. The van der Waals surface area contributed by atoms with Gasteiger partial charge in [-0.25, -0.2) is 4.79 Å². The summed E-state index contributed by atoms with van der Waals surface area (Å²) in [4.78, 5) is 53.7. The second kappa shape index (κ2) is 15.3. The largest absolute Gasteiger partial charge is 0.468 e. The highest BCUT2D eigenvalue weighted by molar-refractivity contribution is 5.93. The monoisotopic (exact) mass is 533 g/mol. The molecule has 0 aliphatic heterocycles. The zero-order valence-corrected chi connectivity index (χ0v) is 24.6. The van der Waals surface area contributed by atoms with Crippen LogP contribution in [0.4, 0.5) is 4.79 Å². The molecule has 0 aliphatic rings. The molecular formula is C29H47N3O6. The molecule has 1 aromatic rings. The maximum Gasteiger partial charge on any atom is 0.408 e. The standard InChI is InChI=1S/C29H47N3O6/c1-10-11-12-13-14-32(27(35)24(19(2)3)31-28(36)38-29(6,7)8)25(26(34)30-18-23(33)37-9)22-16-20(4)15-21(5)17-22/h15-17,19,24-25H,10-14,18H2,1-9H3,(H,30,34)(H,31,36). The molecule has 0 spiro atoms. The van der Waals surface area contributed by atoms with E-state index in [1.807, 2.05) is 45.9 Å². The van der Waals surface area contributed by atoms with Gasteiger partial charge >= 0.3 is 12.1 Å². The molecule has 2 unspecified atom stereocenters. The number of carbonyl (C=O) groups excluding carboxylic acids is 4. The molecule has 0 radical (unpaired) electrons. The smallest absolute Gasteiger partial charge is 0.408 e. The van der Waals surface area contributed by atoms with Gasteiger partial charge < -0.3 is 25.0 Å². The van der Waals surface area contributed by atoms with E-state index in [-0.39, 0.29) is 18.4 Å². The molecule has 2 N–H and O–H groups in total.